The van der Waals surface area contributed by atoms with E-state index in [2.05, 4.69) is 4.98 Å². The van der Waals surface area contributed by atoms with Crippen LogP contribution in [0, 0.1) is 46.3 Å². The summed E-state index contributed by atoms with van der Waals surface area (Å²) >= 11 is 0. The minimum Gasteiger partial charge on any atom is -0.383 e. The van der Waals surface area contributed by atoms with Crippen LogP contribution in [0.1, 0.15) is 30.2 Å². The van der Waals surface area contributed by atoms with E-state index in [0.29, 0.717) is 24.1 Å². The summed E-state index contributed by atoms with van der Waals surface area (Å²) in [5, 5.41) is 9.33. The second kappa shape index (κ2) is 5.99. The molecule has 0 aliphatic heterocycles. The molecule has 8 heteroatoms. The van der Waals surface area contributed by atoms with Crippen LogP contribution in [0.5, 0.6) is 0 Å². The first-order valence-corrected chi connectivity index (χ1v) is 7.51. The maximum absolute atomic E-state index is 14.3. The number of rotatable bonds is 1. The van der Waals surface area contributed by atoms with E-state index in [1.54, 1.807) is 6.07 Å². The zero-order valence-electron chi connectivity index (χ0n) is 13.1. The molecular formula is C17H12F5N3. The Labute approximate surface area is 139 Å². The Hall–Kier alpha value is -2.69. The average Bonchev–Trinajstić information content (AvgIpc) is 2.59. The van der Waals surface area contributed by atoms with Crippen LogP contribution in [-0.4, -0.2) is 4.98 Å². The summed E-state index contributed by atoms with van der Waals surface area (Å²) in [7, 11) is 0. The summed E-state index contributed by atoms with van der Waals surface area (Å²) in [4.78, 5) is 4.08. The summed E-state index contributed by atoms with van der Waals surface area (Å²) in [6.07, 6.45) is 1.48. The van der Waals surface area contributed by atoms with Crippen molar-refractivity contribution in [2.75, 3.05) is 5.73 Å². The van der Waals surface area contributed by atoms with Crippen molar-refractivity contribution in [3.63, 3.8) is 0 Å². The van der Waals surface area contributed by atoms with Crippen LogP contribution in [0.25, 0.3) is 11.1 Å². The first-order valence-electron chi connectivity index (χ1n) is 7.51. The van der Waals surface area contributed by atoms with Crippen molar-refractivity contribution < 1.29 is 22.0 Å². The molecule has 2 aromatic rings. The Balaban J connectivity index is 2.47. The zero-order chi connectivity index (χ0) is 18.5. The molecule has 2 N–H and O–H groups in total. The van der Waals surface area contributed by atoms with Gasteiger partial charge in [-0.15, -0.1) is 0 Å². The first-order chi connectivity index (χ1) is 11.8. The van der Waals surface area contributed by atoms with Crippen molar-refractivity contribution in [3.8, 4) is 17.2 Å². The minimum absolute atomic E-state index is 0.101. The SMILES string of the molecule is CC1CCc2nc(N)c(C#N)c(-c3c(F)c(F)c(F)c(F)c3F)c2C1. The third-order valence-corrected chi connectivity index (χ3v) is 4.41. The molecule has 0 amide bonds. The molecule has 1 aromatic heterocycles. The Kier molecular flexibility index (Phi) is 4.11. The fourth-order valence-corrected chi connectivity index (χ4v) is 3.17. The highest BCUT2D eigenvalue weighted by Gasteiger charge is 2.32. The van der Waals surface area contributed by atoms with Crippen molar-refractivity contribution in [2.45, 2.75) is 26.2 Å². The molecular weight excluding hydrogens is 341 g/mol. The van der Waals surface area contributed by atoms with Crippen LogP contribution in [0.15, 0.2) is 0 Å². The van der Waals surface area contributed by atoms with Gasteiger partial charge in [0, 0.05) is 11.3 Å². The van der Waals surface area contributed by atoms with Crippen molar-refractivity contribution in [2.24, 2.45) is 5.92 Å². The van der Waals surface area contributed by atoms with E-state index in [-0.39, 0.29) is 17.3 Å². The summed E-state index contributed by atoms with van der Waals surface area (Å²) < 4.78 is 69.3. The second-order valence-corrected chi connectivity index (χ2v) is 6.08. The Morgan fingerprint density at radius 1 is 1.00 bits per heavy atom. The highest BCUT2D eigenvalue weighted by Crippen LogP contribution is 2.41. The number of hydrogen-bond acceptors (Lipinski definition) is 3. The van der Waals surface area contributed by atoms with Gasteiger partial charge in [0.05, 0.1) is 5.56 Å². The van der Waals surface area contributed by atoms with Gasteiger partial charge in [-0.25, -0.2) is 26.9 Å². The van der Waals surface area contributed by atoms with Gasteiger partial charge in [-0.1, -0.05) is 6.92 Å². The largest absolute Gasteiger partial charge is 0.383 e. The lowest BCUT2D eigenvalue weighted by molar-refractivity contribution is 0.381. The molecule has 0 spiro atoms. The number of benzene rings is 1. The normalized spacial score (nSPS) is 16.4. The number of anilines is 1. The molecule has 0 radical (unpaired) electrons. The third kappa shape index (κ3) is 2.51. The summed E-state index contributed by atoms with van der Waals surface area (Å²) in [5.41, 5.74) is 4.52. The van der Waals surface area contributed by atoms with E-state index in [1.165, 1.54) is 0 Å². The van der Waals surface area contributed by atoms with Gasteiger partial charge in [-0.3, -0.25) is 0 Å². The predicted octanol–water partition coefficient (Wildman–Crippen LogP) is 4.02. The fraction of sp³-hybridized carbons (Fsp3) is 0.294. The molecule has 1 aliphatic carbocycles. The highest BCUT2D eigenvalue weighted by atomic mass is 19.2. The van der Waals surface area contributed by atoms with Gasteiger partial charge in [-0.05, 0) is 30.7 Å². The average molecular weight is 353 g/mol. The number of pyridine rings is 1. The van der Waals surface area contributed by atoms with Gasteiger partial charge in [-0.2, -0.15) is 5.26 Å². The van der Waals surface area contributed by atoms with E-state index in [0.717, 1.165) is 6.42 Å². The van der Waals surface area contributed by atoms with Crippen molar-refractivity contribution in [1.29, 1.82) is 5.26 Å². The molecule has 130 valence electrons. The van der Waals surface area contributed by atoms with E-state index < -0.39 is 40.2 Å². The molecule has 0 fully saturated rings. The number of halogens is 5. The number of fused-ring (bicyclic) bond motifs is 1. The van der Waals surface area contributed by atoms with Gasteiger partial charge in [0.2, 0.25) is 5.82 Å². The maximum Gasteiger partial charge on any atom is 0.200 e. The van der Waals surface area contributed by atoms with Crippen LogP contribution in [-0.2, 0) is 12.8 Å². The fourth-order valence-electron chi connectivity index (χ4n) is 3.17. The Morgan fingerprint density at radius 2 is 1.56 bits per heavy atom. The maximum atomic E-state index is 14.3. The van der Waals surface area contributed by atoms with Crippen LogP contribution >= 0.6 is 0 Å². The number of nitrogens with zero attached hydrogens (tertiary/aromatic N) is 2. The van der Waals surface area contributed by atoms with Crippen molar-refractivity contribution in [3.05, 3.63) is 45.9 Å². The van der Waals surface area contributed by atoms with Crippen LogP contribution in [0.2, 0.25) is 0 Å². The Bertz CT molecular complexity index is 904. The zero-order valence-corrected chi connectivity index (χ0v) is 13.1. The molecule has 1 aliphatic rings. The minimum atomic E-state index is -2.25. The molecule has 3 rings (SSSR count). The number of aryl methyl sites for hydroxylation is 1. The summed E-state index contributed by atoms with van der Waals surface area (Å²) in [5.74, 6) is -10.5. The van der Waals surface area contributed by atoms with Crippen LogP contribution < -0.4 is 5.73 Å². The van der Waals surface area contributed by atoms with Crippen LogP contribution in [0.4, 0.5) is 27.8 Å². The second-order valence-electron chi connectivity index (χ2n) is 6.08. The smallest absolute Gasteiger partial charge is 0.200 e. The van der Waals surface area contributed by atoms with Gasteiger partial charge in [0.15, 0.2) is 23.3 Å². The number of nitrogen functional groups attached to an aromatic ring is 1. The van der Waals surface area contributed by atoms with Crippen molar-refractivity contribution >= 4 is 5.82 Å². The number of nitrogens with two attached hydrogens (primary N) is 1. The van der Waals surface area contributed by atoms with E-state index in [9.17, 15) is 27.2 Å². The van der Waals surface area contributed by atoms with Gasteiger partial charge >= 0.3 is 0 Å². The summed E-state index contributed by atoms with van der Waals surface area (Å²) in [6.45, 7) is 1.88. The lowest BCUT2D eigenvalue weighted by Gasteiger charge is -2.25. The van der Waals surface area contributed by atoms with E-state index in [4.69, 9.17) is 5.73 Å². The quantitative estimate of drug-likeness (QED) is 0.478. The van der Waals surface area contributed by atoms with E-state index in [1.807, 2.05) is 6.92 Å². The molecule has 0 saturated carbocycles. The predicted molar refractivity (Wildman–Crippen MR) is 79.8 cm³/mol. The molecule has 3 nitrogen and oxygen atoms in total. The topological polar surface area (TPSA) is 62.7 Å². The lowest BCUT2D eigenvalue weighted by Crippen LogP contribution is -2.18. The van der Waals surface area contributed by atoms with Gasteiger partial charge in [0.25, 0.3) is 0 Å². The number of aromatic nitrogens is 1. The molecule has 1 atom stereocenters. The van der Waals surface area contributed by atoms with Crippen LogP contribution in [0.3, 0.4) is 0 Å². The Morgan fingerprint density at radius 3 is 2.12 bits per heavy atom. The van der Waals surface area contributed by atoms with Gasteiger partial charge in [0.1, 0.15) is 17.5 Å². The third-order valence-electron chi connectivity index (χ3n) is 4.41. The van der Waals surface area contributed by atoms with Gasteiger partial charge < -0.3 is 5.73 Å². The molecule has 25 heavy (non-hydrogen) atoms. The molecule has 1 aromatic carbocycles. The standard InChI is InChI=1S/C17H12F5N3/c1-6-2-3-9-7(4-6)10(8(5-23)17(24)25-9)11-12(18)14(20)16(22)15(21)13(11)19/h6H,2-4H2,1H3,(H2,24,25). The van der Waals surface area contributed by atoms with Crippen molar-refractivity contribution in [1.82, 2.24) is 4.98 Å². The van der Waals surface area contributed by atoms with E-state index >= 15 is 0 Å². The summed E-state index contributed by atoms with van der Waals surface area (Å²) in [6, 6.07) is 1.68. The monoisotopic (exact) mass is 353 g/mol. The molecule has 1 heterocycles. The highest BCUT2D eigenvalue weighted by molar-refractivity contribution is 5.80. The first kappa shape index (κ1) is 17.1. The molecule has 1 unspecified atom stereocenters. The molecule has 0 saturated heterocycles. The molecule has 0 bridgehead atoms. The number of hydrogen-bond donors (Lipinski definition) is 1. The lowest BCUT2D eigenvalue weighted by atomic mass is 9.82. The number of nitriles is 1.